The smallest absolute Gasteiger partial charge is 0.241 e. The quantitative estimate of drug-likeness (QED) is 0.475. The molecule has 0 fully saturated rings. The average molecular weight is 472 g/mol. The van der Waals surface area contributed by atoms with Gasteiger partial charge in [-0.25, -0.2) is 0 Å². The van der Waals surface area contributed by atoms with Gasteiger partial charge in [-0.1, -0.05) is 19.9 Å². The van der Waals surface area contributed by atoms with E-state index < -0.39 is 6.04 Å². The summed E-state index contributed by atoms with van der Waals surface area (Å²) >= 11 is 1.33. The van der Waals surface area contributed by atoms with Crippen molar-refractivity contribution in [1.29, 1.82) is 0 Å². The van der Waals surface area contributed by atoms with Gasteiger partial charge >= 0.3 is 0 Å². The predicted octanol–water partition coefficient (Wildman–Crippen LogP) is 4.43. The second kappa shape index (κ2) is 10.5. The van der Waals surface area contributed by atoms with E-state index in [4.69, 9.17) is 24.7 Å². The molecule has 0 aliphatic heterocycles. The highest BCUT2D eigenvalue weighted by Crippen LogP contribution is 2.44. The van der Waals surface area contributed by atoms with Gasteiger partial charge in [-0.2, -0.15) is 4.37 Å². The summed E-state index contributed by atoms with van der Waals surface area (Å²) in [6, 6.07) is 8.66. The van der Waals surface area contributed by atoms with Gasteiger partial charge in [-0.15, -0.1) is 0 Å². The van der Waals surface area contributed by atoms with E-state index in [-0.39, 0.29) is 11.8 Å². The van der Waals surface area contributed by atoms with Gasteiger partial charge in [-0.3, -0.25) is 4.79 Å². The van der Waals surface area contributed by atoms with Crippen LogP contribution in [0, 0.1) is 5.92 Å². The maximum Gasteiger partial charge on any atom is 0.241 e. The van der Waals surface area contributed by atoms with Crippen LogP contribution >= 0.6 is 11.5 Å². The number of amides is 1. The molecule has 0 bridgehead atoms. The van der Waals surface area contributed by atoms with Crippen molar-refractivity contribution in [1.82, 2.24) is 4.37 Å². The molecule has 3 rings (SSSR count). The Bertz CT molecular complexity index is 1100. The van der Waals surface area contributed by atoms with Gasteiger partial charge < -0.3 is 30.0 Å². The molecule has 176 valence electrons. The van der Waals surface area contributed by atoms with Crippen LogP contribution in [0.4, 0.5) is 5.69 Å². The largest absolute Gasteiger partial charge is 0.495 e. The predicted molar refractivity (Wildman–Crippen MR) is 131 cm³/mol. The van der Waals surface area contributed by atoms with Crippen molar-refractivity contribution in [3.63, 3.8) is 0 Å². The number of methoxy groups -OCH3 is 4. The third-order valence-corrected chi connectivity index (χ3v) is 5.93. The molecule has 0 spiro atoms. The summed E-state index contributed by atoms with van der Waals surface area (Å²) in [5, 5.41) is 4.84. The molecular formula is C24H29N3O5S. The number of carbonyl (C=O) groups excluding carboxylic acids is 1. The van der Waals surface area contributed by atoms with Gasteiger partial charge in [0, 0.05) is 16.5 Å². The Morgan fingerprint density at radius 3 is 2.12 bits per heavy atom. The van der Waals surface area contributed by atoms with Crippen molar-refractivity contribution in [3.8, 4) is 45.4 Å². The number of nitrogens with zero attached hydrogens (tertiary/aromatic N) is 1. The molecule has 0 saturated carbocycles. The number of carbonyl (C=O) groups is 1. The number of nitrogens with two attached hydrogens (primary N) is 1. The average Bonchev–Trinajstić information content (AvgIpc) is 3.32. The Balaban J connectivity index is 2.06. The molecule has 1 heterocycles. The second-order valence-corrected chi connectivity index (χ2v) is 8.29. The number of anilines is 1. The molecule has 1 amide bonds. The maximum atomic E-state index is 12.6. The molecule has 3 N–H and O–H groups in total. The fourth-order valence-corrected chi connectivity index (χ4v) is 4.07. The molecule has 0 saturated heterocycles. The summed E-state index contributed by atoms with van der Waals surface area (Å²) in [5.74, 6) is 1.87. The number of hydrogen-bond acceptors (Lipinski definition) is 8. The summed E-state index contributed by atoms with van der Waals surface area (Å²) in [6.45, 7) is 3.80. The first-order valence-electron chi connectivity index (χ1n) is 10.3. The van der Waals surface area contributed by atoms with E-state index >= 15 is 0 Å². The number of hydrogen-bond donors (Lipinski definition) is 2. The summed E-state index contributed by atoms with van der Waals surface area (Å²) in [4.78, 5) is 12.6. The molecule has 0 aliphatic rings. The summed E-state index contributed by atoms with van der Waals surface area (Å²) in [6.07, 6.45) is 0. The fourth-order valence-electron chi connectivity index (χ4n) is 3.36. The number of benzene rings is 2. The van der Waals surface area contributed by atoms with Crippen molar-refractivity contribution < 1.29 is 23.7 Å². The minimum Gasteiger partial charge on any atom is -0.495 e. The molecule has 8 nitrogen and oxygen atoms in total. The van der Waals surface area contributed by atoms with Gasteiger partial charge in [0.2, 0.25) is 11.7 Å². The number of nitrogens with one attached hydrogen (secondary N) is 1. The highest BCUT2D eigenvalue weighted by molar-refractivity contribution is 7.04. The van der Waals surface area contributed by atoms with Gasteiger partial charge in [0.25, 0.3) is 0 Å². The van der Waals surface area contributed by atoms with Crippen LogP contribution < -0.4 is 30.0 Å². The van der Waals surface area contributed by atoms with Gasteiger partial charge in [0.05, 0.1) is 45.9 Å². The third kappa shape index (κ3) is 5.04. The Morgan fingerprint density at radius 2 is 1.58 bits per heavy atom. The van der Waals surface area contributed by atoms with Crippen molar-refractivity contribution in [2.24, 2.45) is 11.7 Å². The van der Waals surface area contributed by atoms with Crippen molar-refractivity contribution in [3.05, 3.63) is 35.7 Å². The van der Waals surface area contributed by atoms with Crippen LogP contribution in [0.1, 0.15) is 13.8 Å². The summed E-state index contributed by atoms with van der Waals surface area (Å²) < 4.78 is 26.5. The van der Waals surface area contributed by atoms with E-state index in [1.807, 2.05) is 49.6 Å². The van der Waals surface area contributed by atoms with E-state index in [1.54, 1.807) is 28.4 Å². The topological polar surface area (TPSA) is 105 Å². The SMILES string of the molecule is COc1ccc(-c2csnc2-c2cc(OC)c(OC)c(OC)c2)cc1NC(=O)[C@@H](N)C(C)C. The van der Waals surface area contributed by atoms with Crippen LogP contribution in [-0.2, 0) is 4.79 Å². The molecule has 1 aromatic heterocycles. The standard InChI is InChI=1S/C24H29N3O5S/c1-13(2)21(25)24(28)26-17-9-14(7-8-18(17)29-3)16-12-33-27-22(16)15-10-19(30-4)23(32-6)20(11-15)31-5/h7-13,21H,25H2,1-6H3,(H,26,28)/t21-/m0/s1. The van der Waals surface area contributed by atoms with Crippen LogP contribution in [-0.4, -0.2) is 44.8 Å². The minimum absolute atomic E-state index is 0.00638. The summed E-state index contributed by atoms with van der Waals surface area (Å²) in [5.41, 5.74) is 9.87. The molecule has 0 aliphatic carbocycles. The first-order valence-corrected chi connectivity index (χ1v) is 11.2. The fraction of sp³-hybridized carbons (Fsp3) is 0.333. The number of rotatable bonds is 9. The number of aromatic nitrogens is 1. The second-order valence-electron chi connectivity index (χ2n) is 7.66. The first kappa shape index (κ1) is 24.3. The van der Waals surface area contributed by atoms with E-state index in [9.17, 15) is 4.79 Å². The normalized spacial score (nSPS) is 11.8. The van der Waals surface area contributed by atoms with E-state index in [0.717, 1.165) is 22.4 Å². The Kier molecular flexibility index (Phi) is 7.78. The van der Waals surface area contributed by atoms with Crippen LogP contribution in [0.3, 0.4) is 0 Å². The molecule has 0 unspecified atom stereocenters. The van der Waals surface area contributed by atoms with Crippen LogP contribution in [0.25, 0.3) is 22.4 Å². The van der Waals surface area contributed by atoms with Gasteiger partial charge in [0.1, 0.15) is 5.75 Å². The van der Waals surface area contributed by atoms with Crippen LogP contribution in [0.5, 0.6) is 23.0 Å². The zero-order valence-corrected chi connectivity index (χ0v) is 20.4. The molecule has 33 heavy (non-hydrogen) atoms. The van der Waals surface area contributed by atoms with Crippen LogP contribution in [0.15, 0.2) is 35.7 Å². The van der Waals surface area contributed by atoms with Crippen molar-refractivity contribution in [2.45, 2.75) is 19.9 Å². The van der Waals surface area contributed by atoms with Crippen molar-refractivity contribution in [2.75, 3.05) is 33.8 Å². The van der Waals surface area contributed by atoms with Crippen LogP contribution in [0.2, 0.25) is 0 Å². The highest BCUT2D eigenvalue weighted by Gasteiger charge is 2.21. The van der Waals surface area contributed by atoms with E-state index in [1.165, 1.54) is 11.5 Å². The lowest BCUT2D eigenvalue weighted by Gasteiger charge is -2.18. The van der Waals surface area contributed by atoms with E-state index in [0.29, 0.717) is 28.7 Å². The Hall–Kier alpha value is -3.30. The summed E-state index contributed by atoms with van der Waals surface area (Å²) in [7, 11) is 6.26. The molecule has 2 aromatic carbocycles. The van der Waals surface area contributed by atoms with Crippen molar-refractivity contribution >= 4 is 23.1 Å². The number of ether oxygens (including phenoxy) is 4. The zero-order chi connectivity index (χ0) is 24.1. The molecule has 0 radical (unpaired) electrons. The molecule has 3 aromatic rings. The third-order valence-electron chi connectivity index (χ3n) is 5.30. The zero-order valence-electron chi connectivity index (χ0n) is 19.6. The molecule has 9 heteroatoms. The lowest BCUT2D eigenvalue weighted by Crippen LogP contribution is -2.39. The highest BCUT2D eigenvalue weighted by atomic mass is 32.1. The van der Waals surface area contributed by atoms with E-state index in [2.05, 4.69) is 9.69 Å². The van der Waals surface area contributed by atoms with Gasteiger partial charge in [0.15, 0.2) is 11.5 Å². The first-order chi connectivity index (χ1) is 15.8. The molecule has 1 atom stereocenters. The monoisotopic (exact) mass is 471 g/mol. The minimum atomic E-state index is -0.629. The Morgan fingerprint density at radius 1 is 0.939 bits per heavy atom. The maximum absolute atomic E-state index is 12.6. The van der Waals surface area contributed by atoms with Gasteiger partial charge in [-0.05, 0) is 47.3 Å². The Labute approximate surface area is 197 Å². The molecular weight excluding hydrogens is 442 g/mol. The lowest BCUT2D eigenvalue weighted by molar-refractivity contribution is -0.118. The lowest BCUT2D eigenvalue weighted by atomic mass is 10.00.